The molecule has 2 heterocycles. The van der Waals surface area contributed by atoms with Gasteiger partial charge in [0.1, 0.15) is 5.76 Å². The molecule has 1 aromatic rings. The highest BCUT2D eigenvalue weighted by atomic mass is 32.2. The van der Waals surface area contributed by atoms with Crippen LogP contribution in [0.2, 0.25) is 0 Å². The van der Waals surface area contributed by atoms with Gasteiger partial charge in [-0.3, -0.25) is 0 Å². The maximum atomic E-state index is 11.4. The van der Waals surface area contributed by atoms with Crippen molar-refractivity contribution in [2.75, 3.05) is 19.3 Å². The minimum Gasteiger partial charge on any atom is -0.448 e. The predicted molar refractivity (Wildman–Crippen MR) is 54.9 cm³/mol. The molecule has 0 radical (unpaired) electrons. The summed E-state index contributed by atoms with van der Waals surface area (Å²) in [6, 6.07) is 0. The number of hydrogen-bond donors (Lipinski definition) is 0. The molecule has 0 bridgehead atoms. The van der Waals surface area contributed by atoms with Crippen molar-refractivity contribution in [1.29, 1.82) is 0 Å². The van der Waals surface area contributed by atoms with Gasteiger partial charge >= 0.3 is 0 Å². The number of oxazole rings is 1. The van der Waals surface area contributed by atoms with Crippen LogP contribution < -0.4 is 0 Å². The lowest BCUT2D eigenvalue weighted by Gasteiger charge is -2.29. The molecule has 0 spiro atoms. The Hall–Kier alpha value is -0.880. The Morgan fingerprint density at radius 3 is 3.00 bits per heavy atom. The predicted octanol–water partition coefficient (Wildman–Crippen LogP) is 0.814. The SMILES string of the molecule is CS(=O)(=O)N1CCCC(c2cnco2)C1. The summed E-state index contributed by atoms with van der Waals surface area (Å²) in [4.78, 5) is 3.85. The second-order valence-corrected chi connectivity index (χ2v) is 5.85. The molecule has 5 nitrogen and oxygen atoms in total. The fraction of sp³-hybridized carbons (Fsp3) is 0.667. The summed E-state index contributed by atoms with van der Waals surface area (Å²) >= 11 is 0. The van der Waals surface area contributed by atoms with Crippen molar-refractivity contribution in [1.82, 2.24) is 9.29 Å². The van der Waals surface area contributed by atoms with Gasteiger partial charge in [0.25, 0.3) is 0 Å². The van der Waals surface area contributed by atoms with E-state index in [-0.39, 0.29) is 5.92 Å². The summed E-state index contributed by atoms with van der Waals surface area (Å²) in [6.07, 6.45) is 6.13. The van der Waals surface area contributed by atoms with Gasteiger partial charge < -0.3 is 4.42 Å². The standard InChI is InChI=1S/C9H14N2O3S/c1-15(12,13)11-4-2-3-8(6-11)9-5-10-7-14-9/h5,7-8H,2-4,6H2,1H3. The van der Waals surface area contributed by atoms with Gasteiger partial charge in [0.05, 0.1) is 12.5 Å². The van der Waals surface area contributed by atoms with Crippen molar-refractivity contribution < 1.29 is 12.8 Å². The zero-order valence-electron chi connectivity index (χ0n) is 8.59. The Morgan fingerprint density at radius 1 is 1.60 bits per heavy atom. The van der Waals surface area contributed by atoms with Gasteiger partial charge in [0.2, 0.25) is 10.0 Å². The highest BCUT2D eigenvalue weighted by molar-refractivity contribution is 7.88. The Kier molecular flexibility index (Phi) is 2.79. The maximum absolute atomic E-state index is 11.4. The zero-order chi connectivity index (χ0) is 10.9. The van der Waals surface area contributed by atoms with E-state index < -0.39 is 10.0 Å². The van der Waals surface area contributed by atoms with Gasteiger partial charge in [-0.05, 0) is 12.8 Å². The summed E-state index contributed by atoms with van der Waals surface area (Å²) in [5.41, 5.74) is 0. The molecule has 1 saturated heterocycles. The van der Waals surface area contributed by atoms with Gasteiger partial charge in [-0.25, -0.2) is 17.7 Å². The lowest BCUT2D eigenvalue weighted by Crippen LogP contribution is -2.38. The largest absolute Gasteiger partial charge is 0.448 e. The van der Waals surface area contributed by atoms with Crippen LogP contribution in [0, 0.1) is 0 Å². The number of rotatable bonds is 2. The van der Waals surface area contributed by atoms with Crippen LogP contribution in [0.4, 0.5) is 0 Å². The molecule has 0 saturated carbocycles. The van der Waals surface area contributed by atoms with Crippen molar-refractivity contribution in [2.45, 2.75) is 18.8 Å². The second-order valence-electron chi connectivity index (χ2n) is 3.86. The van der Waals surface area contributed by atoms with Gasteiger partial charge in [0, 0.05) is 19.0 Å². The third kappa shape index (κ3) is 2.38. The normalized spacial score (nSPS) is 24.2. The molecule has 1 unspecified atom stereocenters. The first-order valence-corrected chi connectivity index (χ1v) is 6.75. The van der Waals surface area contributed by atoms with Crippen LogP contribution in [0.25, 0.3) is 0 Å². The molecule has 1 fully saturated rings. The first-order valence-electron chi connectivity index (χ1n) is 4.91. The zero-order valence-corrected chi connectivity index (χ0v) is 9.40. The van der Waals surface area contributed by atoms with E-state index in [1.54, 1.807) is 6.20 Å². The third-order valence-corrected chi connectivity index (χ3v) is 3.98. The molecule has 0 aliphatic carbocycles. The molecule has 1 aliphatic heterocycles. The molecule has 1 aromatic heterocycles. The Morgan fingerprint density at radius 2 is 2.40 bits per heavy atom. The van der Waals surface area contributed by atoms with E-state index in [1.807, 2.05) is 0 Å². The molecule has 6 heteroatoms. The fourth-order valence-electron chi connectivity index (χ4n) is 1.90. The average molecular weight is 230 g/mol. The van der Waals surface area contributed by atoms with Crippen LogP contribution in [0.3, 0.4) is 0 Å². The molecular formula is C9H14N2O3S. The van der Waals surface area contributed by atoms with Crippen LogP contribution in [0.5, 0.6) is 0 Å². The Labute approximate surface area is 89.1 Å². The quantitative estimate of drug-likeness (QED) is 0.754. The summed E-state index contributed by atoms with van der Waals surface area (Å²) in [6.45, 7) is 1.12. The van der Waals surface area contributed by atoms with Crippen LogP contribution >= 0.6 is 0 Å². The molecule has 0 N–H and O–H groups in total. The number of aromatic nitrogens is 1. The van der Waals surface area contributed by atoms with Crippen molar-refractivity contribution >= 4 is 10.0 Å². The summed E-state index contributed by atoms with van der Waals surface area (Å²) in [5, 5.41) is 0. The molecule has 0 aromatic carbocycles. The van der Waals surface area contributed by atoms with E-state index in [0.717, 1.165) is 18.6 Å². The van der Waals surface area contributed by atoms with Crippen molar-refractivity contribution in [2.24, 2.45) is 0 Å². The number of piperidine rings is 1. The molecule has 1 aliphatic rings. The van der Waals surface area contributed by atoms with Crippen LogP contribution in [0.1, 0.15) is 24.5 Å². The molecular weight excluding hydrogens is 216 g/mol. The lowest BCUT2D eigenvalue weighted by molar-refractivity contribution is 0.292. The molecule has 84 valence electrons. The number of sulfonamides is 1. The van der Waals surface area contributed by atoms with E-state index in [1.165, 1.54) is 17.0 Å². The van der Waals surface area contributed by atoms with Gasteiger partial charge in [-0.1, -0.05) is 0 Å². The van der Waals surface area contributed by atoms with Crippen molar-refractivity contribution in [3.8, 4) is 0 Å². The van der Waals surface area contributed by atoms with Crippen molar-refractivity contribution in [3.63, 3.8) is 0 Å². The van der Waals surface area contributed by atoms with Crippen LogP contribution in [0.15, 0.2) is 17.0 Å². The molecule has 15 heavy (non-hydrogen) atoms. The maximum Gasteiger partial charge on any atom is 0.211 e. The molecule has 2 rings (SSSR count). The second kappa shape index (κ2) is 3.94. The smallest absolute Gasteiger partial charge is 0.211 e. The highest BCUT2D eigenvalue weighted by Crippen LogP contribution is 2.27. The first-order chi connectivity index (χ1) is 7.07. The minimum atomic E-state index is -3.08. The Balaban J connectivity index is 2.12. The van der Waals surface area contributed by atoms with E-state index in [9.17, 15) is 8.42 Å². The van der Waals surface area contributed by atoms with Crippen LogP contribution in [-0.4, -0.2) is 37.1 Å². The van der Waals surface area contributed by atoms with E-state index in [4.69, 9.17) is 4.42 Å². The summed E-state index contributed by atoms with van der Waals surface area (Å²) in [5.74, 6) is 0.930. The fourth-order valence-corrected chi connectivity index (χ4v) is 2.81. The Bertz CT molecular complexity index is 413. The molecule has 1 atom stereocenters. The number of hydrogen-bond acceptors (Lipinski definition) is 4. The van der Waals surface area contributed by atoms with Gasteiger partial charge in [0.15, 0.2) is 6.39 Å². The first kappa shape index (κ1) is 10.6. The summed E-state index contributed by atoms with van der Waals surface area (Å²) < 4.78 is 29.5. The topological polar surface area (TPSA) is 63.4 Å². The highest BCUT2D eigenvalue weighted by Gasteiger charge is 2.28. The minimum absolute atomic E-state index is 0.149. The number of nitrogens with zero attached hydrogens (tertiary/aromatic N) is 2. The monoisotopic (exact) mass is 230 g/mol. The lowest BCUT2D eigenvalue weighted by atomic mass is 9.98. The van der Waals surface area contributed by atoms with Gasteiger partial charge in [-0.15, -0.1) is 0 Å². The third-order valence-electron chi connectivity index (χ3n) is 2.71. The summed E-state index contributed by atoms with van der Waals surface area (Å²) in [7, 11) is -3.08. The van der Waals surface area contributed by atoms with Crippen molar-refractivity contribution in [3.05, 3.63) is 18.4 Å². The van der Waals surface area contributed by atoms with E-state index in [2.05, 4.69) is 4.98 Å². The van der Waals surface area contributed by atoms with Crippen LogP contribution in [-0.2, 0) is 10.0 Å². The van der Waals surface area contributed by atoms with E-state index >= 15 is 0 Å². The molecule has 0 amide bonds. The van der Waals surface area contributed by atoms with Gasteiger partial charge in [-0.2, -0.15) is 0 Å². The van der Waals surface area contributed by atoms with E-state index in [0.29, 0.717) is 13.1 Å². The average Bonchev–Trinajstić information content (AvgIpc) is 2.69.